The molecule has 0 bridgehead atoms. The van der Waals surface area contributed by atoms with Crippen molar-refractivity contribution in [1.29, 1.82) is 0 Å². The van der Waals surface area contributed by atoms with E-state index in [1.807, 2.05) is 12.1 Å². The Morgan fingerprint density at radius 2 is 2.00 bits per heavy atom. The maximum atomic E-state index is 13.0. The number of nitrogens with one attached hydrogen (secondary N) is 1. The quantitative estimate of drug-likeness (QED) is 0.892. The second-order valence-corrected chi connectivity index (χ2v) is 6.23. The zero-order chi connectivity index (χ0) is 18.4. The van der Waals surface area contributed by atoms with E-state index in [0.29, 0.717) is 26.3 Å². The monoisotopic (exact) mass is 358 g/mol. The molecule has 1 fully saturated rings. The molecule has 0 aliphatic carbocycles. The molecule has 0 radical (unpaired) electrons. The molecule has 0 atom stereocenters. The summed E-state index contributed by atoms with van der Waals surface area (Å²) in [6, 6.07) is 9.79. The van der Waals surface area contributed by atoms with Crippen LogP contribution in [0.2, 0.25) is 0 Å². The van der Waals surface area contributed by atoms with E-state index in [0.717, 1.165) is 30.0 Å². The van der Waals surface area contributed by atoms with Gasteiger partial charge in [0.1, 0.15) is 11.6 Å². The van der Waals surface area contributed by atoms with Crippen molar-refractivity contribution in [3.63, 3.8) is 0 Å². The Morgan fingerprint density at radius 1 is 1.27 bits per heavy atom. The number of aromatic nitrogens is 1. The van der Waals surface area contributed by atoms with E-state index in [1.165, 1.54) is 12.1 Å². The van der Waals surface area contributed by atoms with Crippen LogP contribution in [0.25, 0.3) is 0 Å². The van der Waals surface area contributed by atoms with Gasteiger partial charge in [-0.05, 0) is 23.8 Å². The van der Waals surface area contributed by atoms with Gasteiger partial charge in [-0.25, -0.2) is 14.2 Å². The molecule has 0 spiro atoms. The fourth-order valence-electron chi connectivity index (χ4n) is 2.87. The average molecular weight is 358 g/mol. The molecule has 0 saturated carbocycles. The molecular weight excluding hydrogens is 335 g/mol. The SMILES string of the molecule is CN(Cc1ccc(F)cc1)C(=O)NCc1cccnc1N1CCOCC1. The summed E-state index contributed by atoms with van der Waals surface area (Å²) < 4.78 is 18.4. The number of rotatable bonds is 5. The highest BCUT2D eigenvalue weighted by atomic mass is 19.1. The lowest BCUT2D eigenvalue weighted by Crippen LogP contribution is -2.39. The fourth-order valence-corrected chi connectivity index (χ4v) is 2.87. The van der Waals surface area contributed by atoms with Crippen molar-refractivity contribution in [3.05, 3.63) is 59.5 Å². The van der Waals surface area contributed by atoms with Crippen molar-refractivity contribution in [2.45, 2.75) is 13.1 Å². The number of morpholine rings is 1. The van der Waals surface area contributed by atoms with Crippen molar-refractivity contribution < 1.29 is 13.9 Å². The Balaban J connectivity index is 1.58. The van der Waals surface area contributed by atoms with Gasteiger partial charge in [0.05, 0.1) is 13.2 Å². The summed E-state index contributed by atoms with van der Waals surface area (Å²) in [7, 11) is 1.71. The van der Waals surface area contributed by atoms with Crippen LogP contribution in [0, 0.1) is 5.82 Å². The topological polar surface area (TPSA) is 57.7 Å². The molecule has 1 saturated heterocycles. The third-order valence-electron chi connectivity index (χ3n) is 4.29. The Bertz CT molecular complexity index is 733. The molecule has 2 heterocycles. The smallest absolute Gasteiger partial charge is 0.317 e. The van der Waals surface area contributed by atoms with Crippen LogP contribution in [-0.4, -0.2) is 49.3 Å². The van der Waals surface area contributed by atoms with Crippen LogP contribution in [0.1, 0.15) is 11.1 Å². The van der Waals surface area contributed by atoms with E-state index in [9.17, 15) is 9.18 Å². The summed E-state index contributed by atoms with van der Waals surface area (Å²) in [6.07, 6.45) is 1.76. The molecule has 3 rings (SSSR count). The molecule has 1 N–H and O–H groups in total. The molecule has 2 amide bonds. The summed E-state index contributed by atoms with van der Waals surface area (Å²) >= 11 is 0. The van der Waals surface area contributed by atoms with Gasteiger partial charge in [-0.15, -0.1) is 0 Å². The van der Waals surface area contributed by atoms with E-state index < -0.39 is 0 Å². The Morgan fingerprint density at radius 3 is 2.73 bits per heavy atom. The number of carbonyl (C=O) groups is 1. The predicted molar refractivity (Wildman–Crippen MR) is 97.4 cm³/mol. The minimum Gasteiger partial charge on any atom is -0.378 e. The van der Waals surface area contributed by atoms with Crippen LogP contribution < -0.4 is 10.2 Å². The third kappa shape index (κ3) is 4.70. The van der Waals surface area contributed by atoms with Gasteiger partial charge in [0, 0.05) is 45.0 Å². The lowest BCUT2D eigenvalue weighted by Gasteiger charge is -2.29. The van der Waals surface area contributed by atoms with Gasteiger partial charge in [0.15, 0.2) is 0 Å². The zero-order valence-corrected chi connectivity index (χ0v) is 14.8. The first-order valence-corrected chi connectivity index (χ1v) is 8.63. The van der Waals surface area contributed by atoms with Gasteiger partial charge >= 0.3 is 6.03 Å². The van der Waals surface area contributed by atoms with Crippen LogP contribution >= 0.6 is 0 Å². The number of anilines is 1. The zero-order valence-electron chi connectivity index (χ0n) is 14.8. The maximum absolute atomic E-state index is 13.0. The Labute approximate surface area is 152 Å². The van der Waals surface area contributed by atoms with Crippen LogP contribution in [0.4, 0.5) is 15.0 Å². The molecule has 0 unspecified atom stereocenters. The van der Waals surface area contributed by atoms with E-state index in [4.69, 9.17) is 4.74 Å². The number of halogens is 1. The van der Waals surface area contributed by atoms with Gasteiger partial charge in [0.25, 0.3) is 0 Å². The van der Waals surface area contributed by atoms with Crippen molar-refractivity contribution in [2.24, 2.45) is 0 Å². The first-order chi connectivity index (χ1) is 12.6. The second kappa shape index (κ2) is 8.62. The van der Waals surface area contributed by atoms with Gasteiger partial charge < -0.3 is 19.9 Å². The average Bonchev–Trinajstić information content (AvgIpc) is 2.68. The Kier molecular flexibility index (Phi) is 6.01. The van der Waals surface area contributed by atoms with Gasteiger partial charge in [-0.1, -0.05) is 18.2 Å². The highest BCUT2D eigenvalue weighted by Crippen LogP contribution is 2.18. The number of ether oxygens (including phenoxy) is 1. The van der Waals surface area contributed by atoms with Crippen molar-refractivity contribution in [3.8, 4) is 0 Å². The number of carbonyl (C=O) groups excluding carboxylic acids is 1. The number of benzene rings is 1. The molecule has 138 valence electrons. The fraction of sp³-hybridized carbons (Fsp3) is 0.368. The minimum absolute atomic E-state index is 0.189. The van der Waals surface area contributed by atoms with Gasteiger partial charge in [-0.3, -0.25) is 0 Å². The van der Waals surface area contributed by atoms with Crippen molar-refractivity contribution in [2.75, 3.05) is 38.3 Å². The summed E-state index contributed by atoms with van der Waals surface area (Å²) in [4.78, 5) is 20.6. The largest absolute Gasteiger partial charge is 0.378 e. The van der Waals surface area contributed by atoms with E-state index in [1.54, 1.807) is 30.3 Å². The molecule has 7 heteroatoms. The van der Waals surface area contributed by atoms with Crippen molar-refractivity contribution in [1.82, 2.24) is 15.2 Å². The molecule has 1 aliphatic rings. The number of nitrogens with zero attached hydrogens (tertiary/aromatic N) is 3. The number of urea groups is 1. The summed E-state index contributed by atoms with van der Waals surface area (Å²) in [5.74, 6) is 0.602. The lowest BCUT2D eigenvalue weighted by molar-refractivity contribution is 0.122. The van der Waals surface area contributed by atoms with Crippen LogP contribution in [-0.2, 0) is 17.8 Å². The van der Waals surface area contributed by atoms with Gasteiger partial charge in [-0.2, -0.15) is 0 Å². The first-order valence-electron chi connectivity index (χ1n) is 8.63. The molecular formula is C19H23FN4O2. The standard InChI is InChI=1S/C19H23FN4O2/c1-23(14-15-4-6-17(20)7-5-15)19(25)22-13-16-3-2-8-21-18(16)24-9-11-26-12-10-24/h2-8H,9-14H2,1H3,(H,22,25). The minimum atomic E-state index is -0.284. The van der Waals surface area contributed by atoms with Crippen LogP contribution in [0.3, 0.4) is 0 Å². The normalized spacial score (nSPS) is 14.2. The lowest BCUT2D eigenvalue weighted by atomic mass is 10.2. The maximum Gasteiger partial charge on any atom is 0.317 e. The number of pyridine rings is 1. The highest BCUT2D eigenvalue weighted by Gasteiger charge is 2.17. The molecule has 1 aliphatic heterocycles. The number of hydrogen-bond acceptors (Lipinski definition) is 4. The van der Waals surface area contributed by atoms with Crippen LogP contribution in [0.5, 0.6) is 0 Å². The molecule has 26 heavy (non-hydrogen) atoms. The third-order valence-corrected chi connectivity index (χ3v) is 4.29. The Hall–Kier alpha value is -2.67. The summed E-state index contributed by atoms with van der Waals surface area (Å²) in [5.41, 5.74) is 1.84. The molecule has 2 aromatic rings. The molecule has 1 aromatic carbocycles. The number of hydrogen-bond donors (Lipinski definition) is 1. The van der Waals surface area contributed by atoms with Gasteiger partial charge in [0.2, 0.25) is 0 Å². The molecule has 1 aromatic heterocycles. The second-order valence-electron chi connectivity index (χ2n) is 6.23. The number of amides is 2. The first kappa shape index (κ1) is 18.1. The summed E-state index contributed by atoms with van der Waals surface area (Å²) in [6.45, 7) is 3.76. The highest BCUT2D eigenvalue weighted by molar-refractivity contribution is 5.74. The predicted octanol–water partition coefficient (Wildman–Crippen LogP) is 2.40. The van der Waals surface area contributed by atoms with E-state index in [2.05, 4.69) is 15.2 Å². The van der Waals surface area contributed by atoms with E-state index in [-0.39, 0.29) is 11.8 Å². The summed E-state index contributed by atoms with van der Waals surface area (Å²) in [5, 5.41) is 2.92. The van der Waals surface area contributed by atoms with E-state index >= 15 is 0 Å². The van der Waals surface area contributed by atoms with Crippen LogP contribution in [0.15, 0.2) is 42.6 Å². The molecule has 6 nitrogen and oxygen atoms in total. The van der Waals surface area contributed by atoms with Crippen molar-refractivity contribution >= 4 is 11.8 Å².